The van der Waals surface area contributed by atoms with Crippen LogP contribution in [0.5, 0.6) is 0 Å². The van der Waals surface area contributed by atoms with Crippen LogP contribution in [0.4, 0.5) is 0 Å². The highest BCUT2D eigenvalue weighted by molar-refractivity contribution is 5.58. The number of carbonyl (C=O) groups excluding carboxylic acids is 1. The molecule has 0 aromatic heterocycles. The van der Waals surface area contributed by atoms with Crippen LogP contribution >= 0.6 is 0 Å². The topological polar surface area (TPSA) is 70.0 Å². The van der Waals surface area contributed by atoms with Gasteiger partial charge in [-0.3, -0.25) is 4.84 Å². The monoisotopic (exact) mass is 189 g/mol. The smallest absolute Gasteiger partial charge is 0.139 e. The largest absolute Gasteiger partial charge is 0.396 e. The Morgan fingerprint density at radius 2 is 2.15 bits per heavy atom. The van der Waals surface area contributed by atoms with Gasteiger partial charge in [0.15, 0.2) is 0 Å². The van der Waals surface area contributed by atoms with E-state index in [2.05, 4.69) is 0 Å². The lowest BCUT2D eigenvalue weighted by Gasteiger charge is -2.17. The summed E-state index contributed by atoms with van der Waals surface area (Å²) in [4.78, 5) is 16.0. The zero-order valence-corrected chi connectivity index (χ0v) is 7.59. The molecular weight excluding hydrogens is 174 g/mol. The number of hydroxylamine groups is 2. The lowest BCUT2D eigenvalue weighted by molar-refractivity contribution is -0.169. The summed E-state index contributed by atoms with van der Waals surface area (Å²) in [6, 6.07) is -0.438. The molecule has 1 heterocycles. The quantitative estimate of drug-likeness (QED) is 0.543. The lowest BCUT2D eigenvalue weighted by Crippen LogP contribution is -2.35. The number of nitrogens with zero attached hydrogens (tertiary/aromatic N) is 1. The van der Waals surface area contributed by atoms with E-state index < -0.39 is 12.1 Å². The second-order valence-electron chi connectivity index (χ2n) is 3.03. The molecule has 76 valence electrons. The Balaban J connectivity index is 2.70. The fourth-order valence-corrected chi connectivity index (χ4v) is 1.60. The minimum absolute atomic E-state index is 0.148. The predicted octanol–water partition coefficient (Wildman–Crippen LogP) is -1.21. The maximum absolute atomic E-state index is 10.7. The molecule has 2 N–H and O–H groups in total. The minimum atomic E-state index is -0.458. The number of carbonyl (C=O) groups is 1. The number of hydrogen-bond acceptors (Lipinski definition) is 5. The third kappa shape index (κ3) is 1.88. The summed E-state index contributed by atoms with van der Waals surface area (Å²) in [5, 5.41) is 19.4. The average molecular weight is 189 g/mol. The van der Waals surface area contributed by atoms with E-state index in [1.807, 2.05) is 6.92 Å². The van der Waals surface area contributed by atoms with Crippen LogP contribution in [0.25, 0.3) is 0 Å². The maximum atomic E-state index is 10.7. The number of aldehydes is 1. The van der Waals surface area contributed by atoms with Crippen molar-refractivity contribution in [2.45, 2.75) is 19.1 Å². The summed E-state index contributed by atoms with van der Waals surface area (Å²) in [7, 11) is 0. The van der Waals surface area contributed by atoms with Crippen LogP contribution in [-0.4, -0.2) is 53.5 Å². The van der Waals surface area contributed by atoms with Crippen molar-refractivity contribution in [1.29, 1.82) is 0 Å². The van der Waals surface area contributed by atoms with Gasteiger partial charge < -0.3 is 15.0 Å². The van der Waals surface area contributed by atoms with Crippen LogP contribution in [0.3, 0.4) is 0 Å². The summed E-state index contributed by atoms with van der Waals surface area (Å²) in [5.41, 5.74) is 0. The first-order valence-corrected chi connectivity index (χ1v) is 4.38. The molecule has 1 saturated heterocycles. The Kier molecular flexibility index (Phi) is 3.80. The van der Waals surface area contributed by atoms with Crippen molar-refractivity contribution >= 4 is 6.29 Å². The van der Waals surface area contributed by atoms with E-state index in [0.29, 0.717) is 6.54 Å². The maximum Gasteiger partial charge on any atom is 0.139 e. The van der Waals surface area contributed by atoms with Crippen molar-refractivity contribution in [2.75, 3.05) is 19.8 Å². The van der Waals surface area contributed by atoms with E-state index in [4.69, 9.17) is 15.1 Å². The van der Waals surface area contributed by atoms with Gasteiger partial charge in [-0.15, -0.1) is 0 Å². The van der Waals surface area contributed by atoms with E-state index in [-0.39, 0.29) is 19.1 Å². The second-order valence-corrected chi connectivity index (χ2v) is 3.03. The summed E-state index contributed by atoms with van der Waals surface area (Å²) in [6.45, 7) is 2.10. The van der Waals surface area contributed by atoms with Gasteiger partial charge in [0.2, 0.25) is 0 Å². The van der Waals surface area contributed by atoms with Crippen molar-refractivity contribution in [3.05, 3.63) is 0 Å². The van der Waals surface area contributed by atoms with Crippen molar-refractivity contribution in [3.63, 3.8) is 0 Å². The first kappa shape index (κ1) is 10.6. The van der Waals surface area contributed by atoms with Crippen molar-refractivity contribution in [1.82, 2.24) is 5.06 Å². The van der Waals surface area contributed by atoms with Crippen LogP contribution in [0, 0.1) is 5.92 Å². The molecule has 0 saturated carbocycles. The fourth-order valence-electron chi connectivity index (χ4n) is 1.60. The number of hydrogen-bond donors (Lipinski definition) is 2. The van der Waals surface area contributed by atoms with Crippen LogP contribution in [0.15, 0.2) is 0 Å². The number of likely N-dealkylation sites (N-methyl/N-ethyl adjacent to an activating group) is 1. The normalized spacial score (nSPS) is 35.2. The minimum Gasteiger partial charge on any atom is -0.396 e. The molecule has 0 aromatic carbocycles. The third-order valence-corrected chi connectivity index (χ3v) is 2.36. The Hall–Kier alpha value is -0.490. The van der Waals surface area contributed by atoms with Gasteiger partial charge in [0.05, 0.1) is 19.3 Å². The number of aliphatic hydroxyl groups is 2. The van der Waals surface area contributed by atoms with Crippen molar-refractivity contribution in [2.24, 2.45) is 5.92 Å². The molecule has 0 aliphatic carbocycles. The third-order valence-electron chi connectivity index (χ3n) is 2.36. The summed E-state index contributed by atoms with van der Waals surface area (Å²) in [6.07, 6.45) is 0.292. The molecular formula is C8H15NO4. The van der Waals surface area contributed by atoms with Gasteiger partial charge in [0.25, 0.3) is 0 Å². The highest BCUT2D eigenvalue weighted by Crippen LogP contribution is 2.25. The van der Waals surface area contributed by atoms with E-state index in [1.165, 1.54) is 5.06 Å². The zero-order valence-electron chi connectivity index (χ0n) is 7.59. The van der Waals surface area contributed by atoms with Gasteiger partial charge in [0, 0.05) is 12.5 Å². The molecule has 0 spiro atoms. The molecule has 1 rings (SSSR count). The van der Waals surface area contributed by atoms with E-state index in [0.717, 1.165) is 6.29 Å². The van der Waals surface area contributed by atoms with Crippen LogP contribution < -0.4 is 0 Å². The highest BCUT2D eigenvalue weighted by Gasteiger charge is 2.41. The molecule has 1 fully saturated rings. The standard InChI is InChI=1S/C8H15NO4/c1-2-9-7(4-11)6(3-10)8(5-12)13-9/h4,6-8,10,12H,2-3,5H2,1H3/t6-,7+,8?/m0/s1. The fraction of sp³-hybridized carbons (Fsp3) is 0.875. The molecule has 0 radical (unpaired) electrons. The van der Waals surface area contributed by atoms with E-state index >= 15 is 0 Å². The van der Waals surface area contributed by atoms with Gasteiger partial charge >= 0.3 is 0 Å². The zero-order chi connectivity index (χ0) is 9.84. The Labute approximate surface area is 76.9 Å². The van der Waals surface area contributed by atoms with Crippen molar-refractivity contribution in [3.8, 4) is 0 Å². The van der Waals surface area contributed by atoms with Gasteiger partial charge in [-0.1, -0.05) is 6.92 Å². The van der Waals surface area contributed by atoms with Gasteiger partial charge in [-0.25, -0.2) is 0 Å². The Morgan fingerprint density at radius 1 is 1.46 bits per heavy atom. The van der Waals surface area contributed by atoms with Gasteiger partial charge in [0.1, 0.15) is 12.4 Å². The van der Waals surface area contributed by atoms with Gasteiger partial charge in [-0.05, 0) is 0 Å². The lowest BCUT2D eigenvalue weighted by atomic mass is 9.97. The Bertz CT molecular complexity index is 176. The SMILES string of the molecule is CCN1OC(CO)[C@@H](CO)[C@H]1C=O. The summed E-state index contributed by atoms with van der Waals surface area (Å²) < 4.78 is 0. The molecule has 3 atom stereocenters. The van der Waals surface area contributed by atoms with Crippen LogP contribution in [0.1, 0.15) is 6.92 Å². The molecule has 0 amide bonds. The van der Waals surface area contributed by atoms with E-state index in [9.17, 15) is 4.79 Å². The van der Waals surface area contributed by atoms with Crippen LogP contribution in [0.2, 0.25) is 0 Å². The molecule has 5 heteroatoms. The predicted molar refractivity (Wildman–Crippen MR) is 44.8 cm³/mol. The Morgan fingerprint density at radius 3 is 2.54 bits per heavy atom. The van der Waals surface area contributed by atoms with E-state index in [1.54, 1.807) is 0 Å². The molecule has 13 heavy (non-hydrogen) atoms. The summed E-state index contributed by atoms with van der Waals surface area (Å²) in [5.74, 6) is -0.317. The molecule has 0 aromatic rings. The highest BCUT2D eigenvalue weighted by atomic mass is 16.7. The first-order chi connectivity index (χ1) is 6.28. The van der Waals surface area contributed by atoms with Gasteiger partial charge in [-0.2, -0.15) is 5.06 Å². The first-order valence-electron chi connectivity index (χ1n) is 4.38. The molecule has 1 aliphatic heterocycles. The number of rotatable bonds is 4. The molecule has 1 unspecified atom stereocenters. The average Bonchev–Trinajstić information content (AvgIpc) is 2.54. The van der Waals surface area contributed by atoms with Crippen LogP contribution in [-0.2, 0) is 9.63 Å². The molecule has 1 aliphatic rings. The molecule has 5 nitrogen and oxygen atoms in total. The summed E-state index contributed by atoms with van der Waals surface area (Å²) >= 11 is 0. The number of aliphatic hydroxyl groups excluding tert-OH is 2. The van der Waals surface area contributed by atoms with Crippen molar-refractivity contribution < 1.29 is 19.8 Å². The molecule has 0 bridgehead atoms. The second kappa shape index (κ2) is 4.66.